The normalized spacial score (nSPS) is 10.2. The molecule has 0 fully saturated rings. The van der Waals surface area contributed by atoms with Gasteiger partial charge in [-0.05, 0) is 46.4 Å². The molecule has 23 heavy (non-hydrogen) atoms. The van der Waals surface area contributed by atoms with E-state index in [0.717, 1.165) is 9.13 Å². The summed E-state index contributed by atoms with van der Waals surface area (Å²) in [6, 6.07) is 14.6. The third kappa shape index (κ3) is 4.94. The van der Waals surface area contributed by atoms with Gasteiger partial charge in [0.15, 0.2) is 0 Å². The van der Waals surface area contributed by atoms with E-state index in [1.165, 1.54) is 4.90 Å². The lowest BCUT2D eigenvalue weighted by Crippen LogP contribution is -2.38. The fourth-order valence-corrected chi connectivity index (χ4v) is 2.83. The Morgan fingerprint density at radius 1 is 1.13 bits per heavy atom. The Labute approximate surface area is 154 Å². The number of hydrogen-bond donors (Lipinski definition) is 1. The zero-order valence-electron chi connectivity index (χ0n) is 12.6. The smallest absolute Gasteiger partial charge is 0.252 e. The number of likely N-dealkylation sites (N-methyl/N-ethyl adjacent to an activating group) is 1. The summed E-state index contributed by atoms with van der Waals surface area (Å²) in [4.78, 5) is 25.8. The molecule has 0 saturated heterocycles. The Morgan fingerprint density at radius 2 is 1.78 bits per heavy atom. The molecule has 0 unspecified atom stereocenters. The maximum atomic E-state index is 12.1. The van der Waals surface area contributed by atoms with Crippen LogP contribution in [0.2, 0.25) is 5.02 Å². The van der Waals surface area contributed by atoms with Crippen molar-refractivity contribution in [2.24, 2.45) is 0 Å². The molecular formula is C17H16ClIN2O2. The first-order chi connectivity index (χ1) is 11.0. The standard InChI is InChI=1S/C17H16ClIN2O2/c1-21(11-12-6-2-4-8-14(12)18)16(22)10-20-17(23)13-7-3-5-9-15(13)19/h2-9H,10-11H2,1H3,(H,20,23). The van der Waals surface area contributed by atoms with Gasteiger partial charge in [0.2, 0.25) is 5.91 Å². The summed E-state index contributed by atoms with van der Waals surface area (Å²) in [6.45, 7) is 0.349. The van der Waals surface area contributed by atoms with Crippen molar-refractivity contribution in [1.82, 2.24) is 10.2 Å². The molecule has 120 valence electrons. The Balaban J connectivity index is 1.91. The SMILES string of the molecule is CN(Cc1ccccc1Cl)C(=O)CNC(=O)c1ccccc1I. The molecule has 0 aliphatic rings. The van der Waals surface area contributed by atoms with Crippen molar-refractivity contribution in [2.45, 2.75) is 6.54 Å². The number of carbonyl (C=O) groups is 2. The van der Waals surface area contributed by atoms with Crippen LogP contribution in [0.5, 0.6) is 0 Å². The van der Waals surface area contributed by atoms with Crippen molar-refractivity contribution < 1.29 is 9.59 Å². The number of amides is 2. The lowest BCUT2D eigenvalue weighted by Gasteiger charge is -2.18. The van der Waals surface area contributed by atoms with E-state index in [0.29, 0.717) is 17.1 Å². The van der Waals surface area contributed by atoms with Gasteiger partial charge < -0.3 is 10.2 Å². The van der Waals surface area contributed by atoms with Crippen LogP contribution in [-0.4, -0.2) is 30.3 Å². The second kappa shape index (κ2) is 8.31. The third-order valence-corrected chi connectivity index (χ3v) is 4.62. The maximum absolute atomic E-state index is 12.1. The van der Waals surface area contributed by atoms with Crippen LogP contribution in [0.4, 0.5) is 0 Å². The van der Waals surface area contributed by atoms with Crippen molar-refractivity contribution in [1.29, 1.82) is 0 Å². The van der Waals surface area contributed by atoms with Crippen molar-refractivity contribution in [2.75, 3.05) is 13.6 Å². The molecule has 0 heterocycles. The minimum absolute atomic E-state index is 0.0508. The fourth-order valence-electron chi connectivity index (χ4n) is 2.00. The van der Waals surface area contributed by atoms with E-state index in [2.05, 4.69) is 27.9 Å². The van der Waals surface area contributed by atoms with Crippen LogP contribution in [0, 0.1) is 3.57 Å². The van der Waals surface area contributed by atoms with Crippen molar-refractivity contribution >= 4 is 46.0 Å². The van der Waals surface area contributed by atoms with Gasteiger partial charge in [0, 0.05) is 22.2 Å². The zero-order chi connectivity index (χ0) is 16.8. The van der Waals surface area contributed by atoms with E-state index < -0.39 is 0 Å². The average molecular weight is 443 g/mol. The number of nitrogens with one attached hydrogen (secondary N) is 1. The average Bonchev–Trinajstić information content (AvgIpc) is 2.54. The van der Waals surface area contributed by atoms with Crippen LogP contribution in [-0.2, 0) is 11.3 Å². The molecule has 0 atom stereocenters. The van der Waals surface area contributed by atoms with Gasteiger partial charge in [-0.25, -0.2) is 0 Å². The Morgan fingerprint density at radius 3 is 2.48 bits per heavy atom. The van der Waals surface area contributed by atoms with Crippen LogP contribution >= 0.6 is 34.2 Å². The Kier molecular flexibility index (Phi) is 6.41. The van der Waals surface area contributed by atoms with Crippen LogP contribution in [0.15, 0.2) is 48.5 Å². The predicted octanol–water partition coefficient (Wildman–Crippen LogP) is 3.33. The molecule has 2 aromatic rings. The van der Waals surface area contributed by atoms with Gasteiger partial charge in [-0.1, -0.05) is 41.9 Å². The Hall–Kier alpha value is -1.60. The monoisotopic (exact) mass is 442 g/mol. The summed E-state index contributed by atoms with van der Waals surface area (Å²) < 4.78 is 0.847. The zero-order valence-corrected chi connectivity index (χ0v) is 15.5. The number of carbonyl (C=O) groups excluding carboxylic acids is 2. The number of rotatable bonds is 5. The molecule has 0 aromatic heterocycles. The largest absolute Gasteiger partial charge is 0.343 e. The van der Waals surface area contributed by atoms with Crippen LogP contribution in [0.25, 0.3) is 0 Å². The first-order valence-corrected chi connectivity index (χ1v) is 8.45. The summed E-state index contributed by atoms with van der Waals surface area (Å²) in [5.41, 5.74) is 1.43. The number of benzene rings is 2. The van der Waals surface area contributed by atoms with Crippen LogP contribution in [0.3, 0.4) is 0 Å². The lowest BCUT2D eigenvalue weighted by atomic mass is 10.2. The second-order valence-electron chi connectivity index (χ2n) is 5.00. The van der Waals surface area contributed by atoms with Gasteiger partial charge >= 0.3 is 0 Å². The lowest BCUT2D eigenvalue weighted by molar-refractivity contribution is -0.129. The summed E-state index contributed by atoms with van der Waals surface area (Å²) >= 11 is 8.18. The summed E-state index contributed by atoms with van der Waals surface area (Å²) in [6.07, 6.45) is 0. The summed E-state index contributed by atoms with van der Waals surface area (Å²) in [5, 5.41) is 3.27. The molecule has 2 rings (SSSR count). The third-order valence-electron chi connectivity index (χ3n) is 3.31. The van der Waals surface area contributed by atoms with E-state index in [9.17, 15) is 9.59 Å². The Bertz CT molecular complexity index is 721. The summed E-state index contributed by atoms with van der Waals surface area (Å²) in [7, 11) is 1.68. The van der Waals surface area contributed by atoms with Gasteiger partial charge in [0.25, 0.3) is 5.91 Å². The highest BCUT2D eigenvalue weighted by Crippen LogP contribution is 2.16. The molecule has 2 aromatic carbocycles. The first-order valence-electron chi connectivity index (χ1n) is 6.99. The quantitative estimate of drug-likeness (QED) is 0.722. The summed E-state index contributed by atoms with van der Waals surface area (Å²) in [5.74, 6) is -0.432. The van der Waals surface area contributed by atoms with E-state index >= 15 is 0 Å². The minimum Gasteiger partial charge on any atom is -0.343 e. The molecule has 0 radical (unpaired) electrons. The number of hydrogen-bond acceptors (Lipinski definition) is 2. The topological polar surface area (TPSA) is 49.4 Å². The van der Waals surface area contributed by atoms with Gasteiger partial charge in [0.1, 0.15) is 0 Å². The fraction of sp³-hybridized carbons (Fsp3) is 0.176. The van der Waals surface area contributed by atoms with E-state index in [4.69, 9.17) is 11.6 Å². The van der Waals surface area contributed by atoms with Gasteiger partial charge in [-0.2, -0.15) is 0 Å². The minimum atomic E-state index is -0.255. The molecule has 0 bridgehead atoms. The molecule has 0 aliphatic heterocycles. The van der Waals surface area contributed by atoms with Crippen molar-refractivity contribution in [3.63, 3.8) is 0 Å². The van der Waals surface area contributed by atoms with E-state index in [1.807, 2.05) is 30.3 Å². The molecule has 2 amide bonds. The molecule has 0 aliphatic carbocycles. The van der Waals surface area contributed by atoms with Crippen molar-refractivity contribution in [3.8, 4) is 0 Å². The number of nitrogens with zero attached hydrogens (tertiary/aromatic N) is 1. The number of halogens is 2. The van der Waals surface area contributed by atoms with Crippen molar-refractivity contribution in [3.05, 3.63) is 68.3 Å². The predicted molar refractivity (Wildman–Crippen MR) is 99.4 cm³/mol. The van der Waals surface area contributed by atoms with E-state index in [1.54, 1.807) is 25.2 Å². The highest BCUT2D eigenvalue weighted by Gasteiger charge is 2.14. The molecule has 0 spiro atoms. The maximum Gasteiger partial charge on any atom is 0.252 e. The van der Waals surface area contributed by atoms with Crippen LogP contribution in [0.1, 0.15) is 15.9 Å². The first kappa shape index (κ1) is 17.7. The highest BCUT2D eigenvalue weighted by molar-refractivity contribution is 14.1. The second-order valence-corrected chi connectivity index (χ2v) is 6.57. The molecular weight excluding hydrogens is 427 g/mol. The van der Waals surface area contributed by atoms with Gasteiger partial charge in [-0.3, -0.25) is 9.59 Å². The molecule has 6 heteroatoms. The highest BCUT2D eigenvalue weighted by atomic mass is 127. The van der Waals surface area contributed by atoms with E-state index in [-0.39, 0.29) is 18.4 Å². The molecule has 4 nitrogen and oxygen atoms in total. The van der Waals surface area contributed by atoms with Crippen LogP contribution < -0.4 is 5.32 Å². The van der Waals surface area contributed by atoms with Gasteiger partial charge in [0.05, 0.1) is 12.1 Å². The molecule has 0 saturated carbocycles. The molecule has 1 N–H and O–H groups in total. The van der Waals surface area contributed by atoms with Gasteiger partial charge in [-0.15, -0.1) is 0 Å².